The zero-order valence-electron chi connectivity index (χ0n) is 16.6. The highest BCUT2D eigenvalue weighted by atomic mass is 32.1. The van der Waals surface area contributed by atoms with E-state index < -0.39 is 0 Å². The monoisotopic (exact) mass is 406 g/mol. The predicted octanol–water partition coefficient (Wildman–Crippen LogP) is 5.49. The molecule has 0 spiro atoms. The van der Waals surface area contributed by atoms with Crippen molar-refractivity contribution in [3.05, 3.63) is 60.2 Å². The second kappa shape index (κ2) is 8.09. The van der Waals surface area contributed by atoms with Crippen LogP contribution in [0.1, 0.15) is 25.3 Å². The Morgan fingerprint density at radius 2 is 1.83 bits per heavy atom. The number of hydrogen-bond donors (Lipinski definition) is 1. The number of aromatic nitrogens is 1. The maximum Gasteiger partial charge on any atom is 0.279 e. The van der Waals surface area contributed by atoms with Gasteiger partial charge in [0.2, 0.25) is 5.91 Å². The number of carbonyl (C=O) groups excluding carboxylic acids is 1. The molecule has 1 atom stereocenters. The summed E-state index contributed by atoms with van der Waals surface area (Å²) in [5.41, 5.74) is 2.07. The van der Waals surface area contributed by atoms with Crippen LogP contribution >= 0.6 is 11.3 Å². The first-order valence-electron chi connectivity index (χ1n) is 9.42. The quantitative estimate of drug-likeness (QED) is 0.460. The highest BCUT2D eigenvalue weighted by molar-refractivity contribution is 7.20. The molecule has 4 rings (SSSR count). The van der Waals surface area contributed by atoms with E-state index in [-0.39, 0.29) is 11.8 Å². The molecule has 29 heavy (non-hydrogen) atoms. The first kappa shape index (κ1) is 19.2. The number of benzene rings is 3. The van der Waals surface area contributed by atoms with Crippen LogP contribution < -0.4 is 14.8 Å². The minimum atomic E-state index is -0.0144. The third-order valence-electron chi connectivity index (χ3n) is 4.84. The van der Waals surface area contributed by atoms with Crippen molar-refractivity contribution in [3.63, 3.8) is 0 Å². The maximum absolute atomic E-state index is 11.1. The van der Waals surface area contributed by atoms with Crippen LogP contribution in [-0.2, 0) is 4.79 Å². The van der Waals surface area contributed by atoms with Gasteiger partial charge in [-0.25, -0.2) is 4.98 Å². The largest absolute Gasteiger partial charge is 0.497 e. The van der Waals surface area contributed by atoms with E-state index in [0.717, 1.165) is 32.5 Å². The van der Waals surface area contributed by atoms with E-state index in [1.807, 2.05) is 42.5 Å². The lowest BCUT2D eigenvalue weighted by Crippen LogP contribution is -2.24. The summed E-state index contributed by atoms with van der Waals surface area (Å²) < 4.78 is 12.4. The maximum atomic E-state index is 11.1. The van der Waals surface area contributed by atoms with Crippen molar-refractivity contribution in [2.45, 2.75) is 19.8 Å². The summed E-state index contributed by atoms with van der Waals surface area (Å²) in [6.07, 6.45) is 0. The van der Waals surface area contributed by atoms with Crippen LogP contribution in [0.5, 0.6) is 16.7 Å². The first-order valence-corrected chi connectivity index (χ1v) is 10.2. The summed E-state index contributed by atoms with van der Waals surface area (Å²) in [5.74, 6) is 1.77. The van der Waals surface area contributed by atoms with E-state index >= 15 is 0 Å². The fourth-order valence-electron chi connectivity index (χ4n) is 3.18. The van der Waals surface area contributed by atoms with Crippen molar-refractivity contribution in [3.8, 4) is 16.7 Å². The molecule has 0 aliphatic heterocycles. The number of amides is 1. The van der Waals surface area contributed by atoms with Crippen LogP contribution in [0.3, 0.4) is 0 Å². The molecule has 3 aromatic carbocycles. The predicted molar refractivity (Wildman–Crippen MR) is 117 cm³/mol. The van der Waals surface area contributed by atoms with Gasteiger partial charge in [-0.1, -0.05) is 36.5 Å². The molecule has 1 unspecified atom stereocenters. The Morgan fingerprint density at radius 1 is 1.07 bits per heavy atom. The van der Waals surface area contributed by atoms with Gasteiger partial charge >= 0.3 is 0 Å². The fourth-order valence-corrected chi connectivity index (χ4v) is 4.06. The van der Waals surface area contributed by atoms with Gasteiger partial charge in [0.15, 0.2) is 0 Å². The molecule has 1 amide bonds. The molecule has 0 aliphatic carbocycles. The van der Waals surface area contributed by atoms with Gasteiger partial charge in [-0.05, 0) is 58.7 Å². The lowest BCUT2D eigenvalue weighted by molar-refractivity contribution is -0.119. The molecule has 0 fully saturated rings. The zero-order chi connectivity index (χ0) is 20.4. The van der Waals surface area contributed by atoms with Gasteiger partial charge in [-0.2, -0.15) is 0 Å². The van der Waals surface area contributed by atoms with Gasteiger partial charge in [-0.3, -0.25) is 4.79 Å². The number of ether oxygens (including phenoxy) is 2. The van der Waals surface area contributed by atoms with Crippen LogP contribution in [0.15, 0.2) is 54.6 Å². The molecule has 1 heterocycles. The number of hydrogen-bond acceptors (Lipinski definition) is 5. The highest BCUT2D eigenvalue weighted by Gasteiger charge is 2.11. The second-order valence-corrected chi connectivity index (χ2v) is 8.02. The molecular formula is C23H22N2O3S. The second-order valence-electron chi connectivity index (χ2n) is 7.02. The molecule has 6 heteroatoms. The van der Waals surface area contributed by atoms with Gasteiger partial charge in [0.1, 0.15) is 11.5 Å². The van der Waals surface area contributed by atoms with E-state index in [1.165, 1.54) is 23.8 Å². The molecule has 0 saturated heterocycles. The smallest absolute Gasteiger partial charge is 0.279 e. The van der Waals surface area contributed by atoms with Crippen molar-refractivity contribution >= 4 is 38.2 Å². The molecule has 0 radical (unpaired) electrons. The Balaban J connectivity index is 1.56. The Hall–Kier alpha value is -3.12. The van der Waals surface area contributed by atoms with Gasteiger partial charge in [0.05, 0.1) is 17.3 Å². The highest BCUT2D eigenvalue weighted by Crippen LogP contribution is 2.34. The average Bonchev–Trinajstić information content (AvgIpc) is 3.12. The topological polar surface area (TPSA) is 60.5 Å². The number of thiazole rings is 1. The van der Waals surface area contributed by atoms with E-state index in [0.29, 0.717) is 11.7 Å². The minimum Gasteiger partial charge on any atom is -0.497 e. The molecule has 0 saturated carbocycles. The zero-order valence-corrected chi connectivity index (χ0v) is 17.4. The van der Waals surface area contributed by atoms with Crippen molar-refractivity contribution in [2.24, 2.45) is 0 Å². The van der Waals surface area contributed by atoms with E-state index in [1.54, 1.807) is 7.11 Å². The van der Waals surface area contributed by atoms with Crippen molar-refractivity contribution in [1.82, 2.24) is 10.3 Å². The number of carbonyl (C=O) groups is 1. The number of methoxy groups -OCH3 is 1. The summed E-state index contributed by atoms with van der Waals surface area (Å²) in [6.45, 7) is 4.24. The molecule has 1 N–H and O–H groups in total. The van der Waals surface area contributed by atoms with E-state index in [2.05, 4.69) is 29.4 Å². The first-order chi connectivity index (χ1) is 14.0. The third kappa shape index (κ3) is 4.32. The molecule has 1 aromatic heterocycles. The van der Waals surface area contributed by atoms with Crippen LogP contribution in [0.25, 0.3) is 21.0 Å². The molecule has 0 aliphatic rings. The summed E-state index contributed by atoms with van der Waals surface area (Å²) in [5, 5.41) is 5.65. The van der Waals surface area contributed by atoms with Crippen molar-refractivity contribution in [2.75, 3.05) is 13.7 Å². The number of rotatable bonds is 6. The van der Waals surface area contributed by atoms with Crippen molar-refractivity contribution in [1.29, 1.82) is 0 Å². The summed E-state index contributed by atoms with van der Waals surface area (Å²) in [4.78, 5) is 15.7. The van der Waals surface area contributed by atoms with Gasteiger partial charge in [0, 0.05) is 13.5 Å². The van der Waals surface area contributed by atoms with E-state index in [4.69, 9.17) is 9.47 Å². The lowest BCUT2D eigenvalue weighted by Gasteiger charge is -2.11. The molecule has 0 bridgehead atoms. The van der Waals surface area contributed by atoms with E-state index in [9.17, 15) is 4.79 Å². The normalized spacial score (nSPS) is 12.1. The average molecular weight is 407 g/mol. The van der Waals surface area contributed by atoms with Gasteiger partial charge in [-0.15, -0.1) is 0 Å². The number of fused-ring (bicyclic) bond motifs is 2. The molecule has 5 nitrogen and oxygen atoms in total. The summed E-state index contributed by atoms with van der Waals surface area (Å²) in [6, 6.07) is 18.1. The SMILES string of the molecule is COc1ccc2ccc(Oc3nc4ccc(C(C)CNC(C)=O)cc4s3)cc2c1. The summed E-state index contributed by atoms with van der Waals surface area (Å²) >= 11 is 1.52. The number of nitrogens with zero attached hydrogens (tertiary/aromatic N) is 1. The minimum absolute atomic E-state index is 0.0144. The Labute approximate surface area is 173 Å². The van der Waals surface area contributed by atoms with Crippen LogP contribution in [0.4, 0.5) is 0 Å². The van der Waals surface area contributed by atoms with Crippen LogP contribution in [-0.4, -0.2) is 24.5 Å². The van der Waals surface area contributed by atoms with Crippen molar-refractivity contribution < 1.29 is 14.3 Å². The van der Waals surface area contributed by atoms with Crippen LogP contribution in [0.2, 0.25) is 0 Å². The standard InChI is InChI=1S/C23H22N2O3S/c1-14(13-24-15(2)26)17-6-9-21-22(12-17)29-23(25-21)28-20-8-5-16-4-7-19(27-3)10-18(16)11-20/h4-12,14H,13H2,1-3H3,(H,24,26). The molecule has 148 valence electrons. The Bertz CT molecular complexity index is 1190. The Morgan fingerprint density at radius 3 is 2.59 bits per heavy atom. The summed E-state index contributed by atoms with van der Waals surface area (Å²) in [7, 11) is 1.66. The Kier molecular flexibility index (Phi) is 5.36. The van der Waals surface area contributed by atoms with Crippen LogP contribution in [0, 0.1) is 0 Å². The lowest BCUT2D eigenvalue weighted by atomic mass is 10.0. The molecule has 4 aromatic rings. The number of nitrogens with one attached hydrogen (secondary N) is 1. The van der Waals surface area contributed by atoms with Gasteiger partial charge in [0.25, 0.3) is 5.19 Å². The molecular weight excluding hydrogens is 384 g/mol. The van der Waals surface area contributed by atoms with Gasteiger partial charge < -0.3 is 14.8 Å². The fraction of sp³-hybridized carbons (Fsp3) is 0.217. The third-order valence-corrected chi connectivity index (χ3v) is 5.74.